The highest BCUT2D eigenvalue weighted by atomic mass is 16.5. The van der Waals surface area contributed by atoms with Crippen molar-refractivity contribution in [3.8, 4) is 11.8 Å². The van der Waals surface area contributed by atoms with Crippen LogP contribution in [0.3, 0.4) is 0 Å². The number of rotatable bonds is 5. The van der Waals surface area contributed by atoms with Gasteiger partial charge in [0.1, 0.15) is 6.33 Å². The van der Waals surface area contributed by atoms with Crippen LogP contribution in [0.4, 0.5) is 5.69 Å². The summed E-state index contributed by atoms with van der Waals surface area (Å²) in [7, 11) is 3.14. The molecule has 0 spiro atoms. The minimum Gasteiger partial charge on any atom is -0.481 e. The zero-order valence-electron chi connectivity index (χ0n) is 11.8. The number of nitrogens with zero attached hydrogens (tertiary/aromatic N) is 3. The van der Waals surface area contributed by atoms with Crippen molar-refractivity contribution in [1.82, 2.24) is 20.2 Å². The molecule has 7 heteroatoms. The number of aromatic amines is 1. The SMILES string of the molecule is COc1ncnc(OC)c1CNc1cccc2[nH]ncc12. The molecule has 21 heavy (non-hydrogen) atoms. The second-order valence-electron chi connectivity index (χ2n) is 4.36. The first-order valence-corrected chi connectivity index (χ1v) is 6.41. The van der Waals surface area contributed by atoms with Crippen LogP contribution >= 0.6 is 0 Å². The van der Waals surface area contributed by atoms with Crippen LogP contribution in [-0.2, 0) is 6.54 Å². The molecule has 0 amide bonds. The van der Waals surface area contributed by atoms with Crippen molar-refractivity contribution in [1.29, 1.82) is 0 Å². The lowest BCUT2D eigenvalue weighted by atomic mass is 10.2. The number of aromatic nitrogens is 4. The second kappa shape index (κ2) is 5.66. The molecule has 3 aromatic rings. The molecular weight excluding hydrogens is 270 g/mol. The lowest BCUT2D eigenvalue weighted by Gasteiger charge is -2.12. The summed E-state index contributed by atoms with van der Waals surface area (Å²) in [5.41, 5.74) is 2.71. The third-order valence-corrected chi connectivity index (χ3v) is 3.19. The van der Waals surface area contributed by atoms with Gasteiger partial charge in [0.05, 0.1) is 38.0 Å². The van der Waals surface area contributed by atoms with Crippen LogP contribution in [0, 0.1) is 0 Å². The van der Waals surface area contributed by atoms with E-state index in [0.717, 1.165) is 22.2 Å². The monoisotopic (exact) mass is 285 g/mol. The Morgan fingerprint density at radius 3 is 2.62 bits per heavy atom. The fraction of sp³-hybridized carbons (Fsp3) is 0.214. The molecule has 0 unspecified atom stereocenters. The number of fused-ring (bicyclic) bond motifs is 1. The van der Waals surface area contributed by atoms with Crippen LogP contribution in [0.25, 0.3) is 10.9 Å². The first-order chi connectivity index (χ1) is 10.3. The molecule has 2 N–H and O–H groups in total. The first kappa shape index (κ1) is 13.2. The number of hydrogen-bond acceptors (Lipinski definition) is 6. The van der Waals surface area contributed by atoms with E-state index in [9.17, 15) is 0 Å². The Morgan fingerprint density at radius 2 is 1.90 bits per heavy atom. The predicted octanol–water partition coefficient (Wildman–Crippen LogP) is 1.98. The molecule has 2 heterocycles. The van der Waals surface area contributed by atoms with Gasteiger partial charge in [-0.05, 0) is 12.1 Å². The van der Waals surface area contributed by atoms with Gasteiger partial charge in [-0.1, -0.05) is 6.07 Å². The van der Waals surface area contributed by atoms with Crippen molar-refractivity contribution in [3.05, 3.63) is 36.3 Å². The molecular formula is C14H15N5O2. The molecule has 0 aliphatic heterocycles. The van der Waals surface area contributed by atoms with Gasteiger partial charge < -0.3 is 14.8 Å². The summed E-state index contributed by atoms with van der Waals surface area (Å²) >= 11 is 0. The zero-order valence-corrected chi connectivity index (χ0v) is 11.8. The Kier molecular flexibility index (Phi) is 3.55. The van der Waals surface area contributed by atoms with Crippen molar-refractivity contribution < 1.29 is 9.47 Å². The number of benzene rings is 1. The summed E-state index contributed by atoms with van der Waals surface area (Å²) in [5, 5.41) is 11.3. The maximum Gasteiger partial charge on any atom is 0.225 e. The normalized spacial score (nSPS) is 10.6. The molecule has 7 nitrogen and oxygen atoms in total. The highest BCUT2D eigenvalue weighted by molar-refractivity contribution is 5.90. The van der Waals surface area contributed by atoms with Crippen molar-refractivity contribution in [3.63, 3.8) is 0 Å². The third-order valence-electron chi connectivity index (χ3n) is 3.19. The standard InChI is InChI=1S/C14H15N5O2/c1-20-13-10(14(21-2)17-8-16-13)6-15-11-4-3-5-12-9(11)7-18-19-12/h3-5,7-8,15H,6H2,1-2H3,(H,18,19). The summed E-state index contributed by atoms with van der Waals surface area (Å²) in [4.78, 5) is 8.20. The molecule has 0 atom stereocenters. The Labute approximate surface area is 121 Å². The van der Waals surface area contributed by atoms with Crippen LogP contribution in [0.15, 0.2) is 30.7 Å². The molecule has 108 valence electrons. The average Bonchev–Trinajstić information content (AvgIpc) is 3.01. The summed E-state index contributed by atoms with van der Waals surface area (Å²) in [5.74, 6) is 0.988. The van der Waals surface area contributed by atoms with Crippen molar-refractivity contribution >= 4 is 16.6 Å². The lowest BCUT2D eigenvalue weighted by molar-refractivity contribution is 0.363. The van der Waals surface area contributed by atoms with Crippen molar-refractivity contribution in [2.75, 3.05) is 19.5 Å². The minimum absolute atomic E-state index is 0.484. The number of hydrogen-bond donors (Lipinski definition) is 2. The van der Waals surface area contributed by atoms with E-state index in [1.54, 1.807) is 20.4 Å². The van der Waals surface area contributed by atoms with Crippen molar-refractivity contribution in [2.45, 2.75) is 6.54 Å². The third kappa shape index (κ3) is 2.45. The van der Waals surface area contributed by atoms with Gasteiger partial charge in [-0.15, -0.1) is 0 Å². The molecule has 3 rings (SSSR count). The fourth-order valence-electron chi connectivity index (χ4n) is 2.19. The highest BCUT2D eigenvalue weighted by Gasteiger charge is 2.13. The molecule has 0 radical (unpaired) electrons. The number of ether oxygens (including phenoxy) is 2. The Balaban J connectivity index is 1.90. The predicted molar refractivity (Wildman–Crippen MR) is 78.6 cm³/mol. The first-order valence-electron chi connectivity index (χ1n) is 6.41. The largest absolute Gasteiger partial charge is 0.481 e. The van der Waals surface area contributed by atoms with E-state index in [0.29, 0.717) is 18.3 Å². The molecule has 0 fully saturated rings. The van der Waals surface area contributed by atoms with Gasteiger partial charge in [-0.25, -0.2) is 9.97 Å². The van der Waals surface area contributed by atoms with E-state index < -0.39 is 0 Å². The van der Waals surface area contributed by atoms with Crippen molar-refractivity contribution in [2.24, 2.45) is 0 Å². The Morgan fingerprint density at radius 1 is 1.14 bits per heavy atom. The number of nitrogens with one attached hydrogen (secondary N) is 2. The topological polar surface area (TPSA) is 85.0 Å². The van der Waals surface area contributed by atoms with Gasteiger partial charge in [-0.3, -0.25) is 5.10 Å². The van der Waals surface area contributed by atoms with Gasteiger partial charge in [0, 0.05) is 11.1 Å². The molecule has 1 aromatic carbocycles. The van der Waals surface area contributed by atoms with E-state index in [4.69, 9.17) is 9.47 Å². The van der Waals surface area contributed by atoms with E-state index >= 15 is 0 Å². The molecule has 0 saturated carbocycles. The molecule has 0 bridgehead atoms. The van der Waals surface area contributed by atoms with Gasteiger partial charge in [0.2, 0.25) is 11.8 Å². The summed E-state index contributed by atoms with van der Waals surface area (Å²) in [6.07, 6.45) is 3.20. The smallest absolute Gasteiger partial charge is 0.225 e. The quantitative estimate of drug-likeness (QED) is 0.745. The van der Waals surface area contributed by atoms with Crippen LogP contribution < -0.4 is 14.8 Å². The Bertz CT molecular complexity index is 734. The molecule has 0 aliphatic carbocycles. The van der Waals surface area contributed by atoms with Crippen LogP contribution in [0.1, 0.15) is 5.56 Å². The van der Waals surface area contributed by atoms with Gasteiger partial charge >= 0.3 is 0 Å². The van der Waals surface area contributed by atoms with E-state index in [1.807, 2.05) is 18.2 Å². The molecule has 0 aliphatic rings. The van der Waals surface area contributed by atoms with Crippen LogP contribution in [0.5, 0.6) is 11.8 Å². The van der Waals surface area contributed by atoms with Crippen LogP contribution in [-0.4, -0.2) is 34.4 Å². The number of anilines is 1. The number of H-pyrrole nitrogens is 1. The van der Waals surface area contributed by atoms with E-state index in [2.05, 4.69) is 25.5 Å². The maximum atomic E-state index is 5.26. The highest BCUT2D eigenvalue weighted by Crippen LogP contribution is 2.26. The fourth-order valence-corrected chi connectivity index (χ4v) is 2.19. The second-order valence-corrected chi connectivity index (χ2v) is 4.36. The maximum absolute atomic E-state index is 5.26. The average molecular weight is 285 g/mol. The summed E-state index contributed by atoms with van der Waals surface area (Å²) in [6.45, 7) is 0.484. The van der Waals surface area contributed by atoms with Gasteiger partial charge in [0.15, 0.2) is 0 Å². The number of methoxy groups -OCH3 is 2. The van der Waals surface area contributed by atoms with Gasteiger partial charge in [0.25, 0.3) is 0 Å². The summed E-state index contributed by atoms with van der Waals surface area (Å²) < 4.78 is 10.5. The molecule has 2 aromatic heterocycles. The minimum atomic E-state index is 0.484. The Hall–Kier alpha value is -2.83. The van der Waals surface area contributed by atoms with E-state index in [1.165, 1.54) is 6.33 Å². The molecule has 0 saturated heterocycles. The van der Waals surface area contributed by atoms with E-state index in [-0.39, 0.29) is 0 Å². The van der Waals surface area contributed by atoms with Gasteiger partial charge in [-0.2, -0.15) is 5.10 Å². The summed E-state index contributed by atoms with van der Waals surface area (Å²) in [6, 6.07) is 5.92. The van der Waals surface area contributed by atoms with Crippen LogP contribution in [0.2, 0.25) is 0 Å². The lowest BCUT2D eigenvalue weighted by Crippen LogP contribution is -2.06. The zero-order chi connectivity index (χ0) is 14.7.